The van der Waals surface area contributed by atoms with Crippen molar-refractivity contribution in [2.45, 2.75) is 11.4 Å². The topological polar surface area (TPSA) is 101 Å². The molecule has 1 N–H and O–H groups in total. The molecule has 0 aliphatic carbocycles. The Balaban J connectivity index is 1.93. The Morgan fingerprint density at radius 3 is 2.91 bits per heavy atom. The van der Waals surface area contributed by atoms with Crippen molar-refractivity contribution in [1.29, 1.82) is 0 Å². The molecule has 0 amide bonds. The summed E-state index contributed by atoms with van der Waals surface area (Å²) in [5.74, 6) is 0.424. The van der Waals surface area contributed by atoms with Gasteiger partial charge < -0.3 is 4.98 Å². The number of thiophene rings is 1. The van der Waals surface area contributed by atoms with Crippen LogP contribution in [0.1, 0.15) is 5.82 Å². The maximum absolute atomic E-state index is 12.0. The summed E-state index contributed by atoms with van der Waals surface area (Å²) < 4.78 is 27.1. The standard InChI is InChI=1S/C12H13N5O3S2/c1-16(2)22(19,20)8-5-13-17(6-8)7-10-14-9-3-4-21-11(9)12(18)15-10/h3-6H,7H2,1-2H3,(H,14,15,18). The van der Waals surface area contributed by atoms with Crippen molar-refractivity contribution in [3.63, 3.8) is 0 Å². The van der Waals surface area contributed by atoms with E-state index in [1.807, 2.05) is 0 Å². The van der Waals surface area contributed by atoms with Gasteiger partial charge in [-0.05, 0) is 11.4 Å². The smallest absolute Gasteiger partial charge is 0.268 e. The molecule has 3 aromatic heterocycles. The van der Waals surface area contributed by atoms with Crippen molar-refractivity contribution in [2.75, 3.05) is 14.1 Å². The first kappa shape index (κ1) is 14.9. The Morgan fingerprint density at radius 1 is 1.41 bits per heavy atom. The molecule has 8 nitrogen and oxygen atoms in total. The number of nitrogens with zero attached hydrogens (tertiary/aromatic N) is 4. The summed E-state index contributed by atoms with van der Waals surface area (Å²) in [6.45, 7) is 0.184. The molecular formula is C12H13N5O3S2. The lowest BCUT2D eigenvalue weighted by molar-refractivity contribution is 0.520. The zero-order valence-electron chi connectivity index (χ0n) is 11.8. The van der Waals surface area contributed by atoms with E-state index >= 15 is 0 Å². The fourth-order valence-corrected chi connectivity index (χ4v) is 3.51. The summed E-state index contributed by atoms with van der Waals surface area (Å²) in [6, 6.07) is 1.77. The van der Waals surface area contributed by atoms with Crippen molar-refractivity contribution in [2.24, 2.45) is 0 Å². The van der Waals surface area contributed by atoms with Crippen LogP contribution in [0.2, 0.25) is 0 Å². The second-order valence-electron chi connectivity index (χ2n) is 4.81. The summed E-state index contributed by atoms with van der Waals surface area (Å²) in [6.07, 6.45) is 2.68. The summed E-state index contributed by atoms with van der Waals surface area (Å²) in [5.41, 5.74) is 0.417. The highest BCUT2D eigenvalue weighted by Crippen LogP contribution is 2.15. The Hall–Kier alpha value is -2.04. The van der Waals surface area contributed by atoms with Crippen LogP contribution < -0.4 is 5.56 Å². The molecule has 0 fully saturated rings. The monoisotopic (exact) mass is 339 g/mol. The van der Waals surface area contributed by atoms with Crippen molar-refractivity contribution >= 4 is 31.6 Å². The fourth-order valence-electron chi connectivity index (χ4n) is 1.93. The lowest BCUT2D eigenvalue weighted by Crippen LogP contribution is -2.21. The molecule has 0 bridgehead atoms. The first-order chi connectivity index (χ1) is 10.4. The molecule has 0 aliphatic rings. The summed E-state index contributed by atoms with van der Waals surface area (Å²) in [4.78, 5) is 19.0. The molecule has 0 aliphatic heterocycles. The number of hydrogen-bond acceptors (Lipinski definition) is 6. The van der Waals surface area contributed by atoms with Crippen LogP contribution in [0.4, 0.5) is 0 Å². The molecule has 0 aromatic carbocycles. The van der Waals surface area contributed by atoms with E-state index in [0.717, 1.165) is 4.31 Å². The number of H-pyrrole nitrogens is 1. The summed E-state index contributed by atoms with van der Waals surface area (Å²) >= 11 is 1.33. The van der Waals surface area contributed by atoms with Gasteiger partial charge in [0, 0.05) is 20.3 Å². The Bertz CT molecular complexity index is 984. The average Bonchev–Trinajstić information content (AvgIpc) is 3.07. The Morgan fingerprint density at radius 2 is 2.18 bits per heavy atom. The first-order valence-electron chi connectivity index (χ1n) is 6.29. The van der Waals surface area contributed by atoms with E-state index in [9.17, 15) is 13.2 Å². The Kier molecular flexibility index (Phi) is 3.59. The summed E-state index contributed by atoms with van der Waals surface area (Å²) in [7, 11) is -0.614. The van der Waals surface area contributed by atoms with Crippen molar-refractivity contribution < 1.29 is 8.42 Å². The first-order valence-corrected chi connectivity index (χ1v) is 8.61. The third-order valence-electron chi connectivity index (χ3n) is 3.06. The highest BCUT2D eigenvalue weighted by Gasteiger charge is 2.19. The minimum absolute atomic E-state index is 0.0939. The highest BCUT2D eigenvalue weighted by atomic mass is 32.2. The van der Waals surface area contributed by atoms with E-state index in [1.165, 1.54) is 42.5 Å². The van der Waals surface area contributed by atoms with Gasteiger partial charge in [-0.25, -0.2) is 17.7 Å². The molecule has 0 atom stereocenters. The fraction of sp³-hybridized carbons (Fsp3) is 0.250. The molecular weight excluding hydrogens is 326 g/mol. The van der Waals surface area contributed by atoms with Gasteiger partial charge >= 0.3 is 0 Å². The van der Waals surface area contributed by atoms with Gasteiger partial charge in [0.2, 0.25) is 10.0 Å². The predicted octanol–water partition coefficient (Wildman–Crippen LogP) is 0.480. The SMILES string of the molecule is CN(C)S(=O)(=O)c1cnn(Cc2nc3ccsc3c(=O)[nH]2)c1. The molecule has 0 spiro atoms. The van der Waals surface area contributed by atoms with Gasteiger partial charge in [0.25, 0.3) is 5.56 Å². The number of aromatic nitrogens is 4. The van der Waals surface area contributed by atoms with Crippen LogP contribution in [-0.2, 0) is 16.6 Å². The van der Waals surface area contributed by atoms with Crippen LogP contribution >= 0.6 is 11.3 Å². The molecule has 3 aromatic rings. The van der Waals surface area contributed by atoms with Gasteiger partial charge in [-0.15, -0.1) is 11.3 Å². The number of aromatic amines is 1. The van der Waals surface area contributed by atoms with Gasteiger partial charge in [0.1, 0.15) is 15.4 Å². The molecule has 3 rings (SSSR count). The van der Waals surface area contributed by atoms with Gasteiger partial charge in [-0.3, -0.25) is 9.48 Å². The molecule has 0 unspecified atom stereocenters. The van der Waals surface area contributed by atoms with Crippen molar-refractivity contribution in [1.82, 2.24) is 24.1 Å². The van der Waals surface area contributed by atoms with Gasteiger partial charge in [0.05, 0.1) is 18.3 Å². The van der Waals surface area contributed by atoms with Crippen LogP contribution in [0.3, 0.4) is 0 Å². The number of hydrogen-bond donors (Lipinski definition) is 1. The second kappa shape index (κ2) is 5.30. The zero-order valence-corrected chi connectivity index (χ0v) is 13.5. The van der Waals surface area contributed by atoms with Crippen LogP contribution in [0.15, 0.2) is 33.5 Å². The van der Waals surface area contributed by atoms with E-state index in [-0.39, 0.29) is 17.0 Å². The molecule has 0 saturated carbocycles. The van der Waals surface area contributed by atoms with Gasteiger partial charge in [-0.1, -0.05) is 0 Å². The quantitative estimate of drug-likeness (QED) is 0.745. The normalized spacial score (nSPS) is 12.3. The molecule has 22 heavy (non-hydrogen) atoms. The molecule has 0 radical (unpaired) electrons. The highest BCUT2D eigenvalue weighted by molar-refractivity contribution is 7.89. The number of rotatable bonds is 4. The maximum Gasteiger partial charge on any atom is 0.268 e. The maximum atomic E-state index is 12.0. The van der Waals surface area contributed by atoms with Gasteiger partial charge in [-0.2, -0.15) is 5.10 Å². The van der Waals surface area contributed by atoms with E-state index < -0.39 is 10.0 Å². The second-order valence-corrected chi connectivity index (χ2v) is 7.88. The number of sulfonamides is 1. The molecule has 116 valence electrons. The van der Waals surface area contributed by atoms with Crippen LogP contribution in [0.5, 0.6) is 0 Å². The minimum Gasteiger partial charge on any atom is -0.308 e. The lowest BCUT2D eigenvalue weighted by atomic mass is 10.4. The average molecular weight is 339 g/mol. The third-order valence-corrected chi connectivity index (χ3v) is 5.73. The van der Waals surface area contributed by atoms with Gasteiger partial charge in [0.15, 0.2) is 0 Å². The minimum atomic E-state index is -3.52. The van der Waals surface area contributed by atoms with Crippen molar-refractivity contribution in [3.8, 4) is 0 Å². The van der Waals surface area contributed by atoms with Crippen LogP contribution in [0, 0.1) is 0 Å². The van der Waals surface area contributed by atoms with E-state index in [1.54, 1.807) is 11.4 Å². The Labute approximate surface area is 130 Å². The van der Waals surface area contributed by atoms with Crippen molar-refractivity contribution in [3.05, 3.63) is 40.0 Å². The predicted molar refractivity (Wildman–Crippen MR) is 82.4 cm³/mol. The molecule has 3 heterocycles. The molecule has 0 saturated heterocycles. The third kappa shape index (κ3) is 2.56. The lowest BCUT2D eigenvalue weighted by Gasteiger charge is -2.08. The van der Waals surface area contributed by atoms with E-state index in [2.05, 4.69) is 15.1 Å². The largest absolute Gasteiger partial charge is 0.308 e. The van der Waals surface area contributed by atoms with Crippen LogP contribution in [-0.4, -0.2) is 46.6 Å². The number of fused-ring (bicyclic) bond motifs is 1. The zero-order chi connectivity index (χ0) is 15.9. The summed E-state index contributed by atoms with van der Waals surface area (Å²) in [5, 5.41) is 5.81. The van der Waals surface area contributed by atoms with Crippen LogP contribution in [0.25, 0.3) is 10.2 Å². The number of nitrogens with one attached hydrogen (secondary N) is 1. The van der Waals surface area contributed by atoms with E-state index in [4.69, 9.17) is 0 Å². The molecule has 10 heteroatoms. The van der Waals surface area contributed by atoms with E-state index in [0.29, 0.717) is 16.0 Å².